The lowest BCUT2D eigenvalue weighted by molar-refractivity contribution is -0.0505. The number of rotatable bonds is 5. The number of hydrogen-bond donors (Lipinski definition) is 1. The summed E-state index contributed by atoms with van der Waals surface area (Å²) >= 11 is 0. The molecular weight excluding hydrogens is 248 g/mol. The third kappa shape index (κ3) is 3.55. The first-order valence-electron chi connectivity index (χ1n) is 8.90. The van der Waals surface area contributed by atoms with E-state index < -0.39 is 0 Å². The number of nitrogens with zero attached hydrogens (tertiary/aromatic N) is 1. The third-order valence-electron chi connectivity index (χ3n) is 5.60. The van der Waals surface area contributed by atoms with E-state index in [1.165, 1.54) is 77.5 Å². The van der Waals surface area contributed by atoms with E-state index in [1.807, 2.05) is 0 Å². The van der Waals surface area contributed by atoms with Crippen LogP contribution in [0.15, 0.2) is 0 Å². The summed E-state index contributed by atoms with van der Waals surface area (Å²) in [6.45, 7) is 8.25. The summed E-state index contributed by atoms with van der Waals surface area (Å²) < 4.78 is 6.47. The molecule has 1 spiro atoms. The molecule has 116 valence electrons. The lowest BCUT2D eigenvalue weighted by atomic mass is 9.97. The zero-order chi connectivity index (χ0) is 13.8. The van der Waals surface area contributed by atoms with Crippen LogP contribution in [-0.2, 0) is 4.74 Å². The topological polar surface area (TPSA) is 24.5 Å². The molecule has 1 aliphatic carbocycles. The highest BCUT2D eigenvalue weighted by Gasteiger charge is 2.42. The van der Waals surface area contributed by atoms with Gasteiger partial charge in [0.1, 0.15) is 0 Å². The zero-order valence-electron chi connectivity index (χ0n) is 13.2. The maximum absolute atomic E-state index is 6.47. The van der Waals surface area contributed by atoms with Gasteiger partial charge in [-0.25, -0.2) is 0 Å². The Labute approximate surface area is 124 Å². The maximum atomic E-state index is 6.47. The second-order valence-electron chi connectivity index (χ2n) is 7.24. The highest BCUT2D eigenvalue weighted by atomic mass is 16.5. The SMILES string of the molecule is CCNCC1CCCN(CC2CCC3(CCCC3)O2)C1. The molecule has 0 radical (unpaired) electrons. The predicted molar refractivity (Wildman–Crippen MR) is 83.0 cm³/mol. The third-order valence-corrected chi connectivity index (χ3v) is 5.60. The van der Waals surface area contributed by atoms with Crippen LogP contribution < -0.4 is 5.32 Å². The van der Waals surface area contributed by atoms with E-state index in [9.17, 15) is 0 Å². The second-order valence-corrected chi connectivity index (χ2v) is 7.24. The summed E-state index contributed by atoms with van der Waals surface area (Å²) in [4.78, 5) is 2.67. The minimum atomic E-state index is 0.309. The lowest BCUT2D eigenvalue weighted by Gasteiger charge is -2.35. The molecule has 0 aromatic rings. The average Bonchev–Trinajstić information content (AvgIpc) is 3.08. The molecule has 3 nitrogen and oxygen atoms in total. The van der Waals surface area contributed by atoms with Gasteiger partial charge < -0.3 is 15.0 Å². The van der Waals surface area contributed by atoms with Gasteiger partial charge in [-0.3, -0.25) is 0 Å². The van der Waals surface area contributed by atoms with Crippen molar-refractivity contribution >= 4 is 0 Å². The molecule has 1 saturated carbocycles. The van der Waals surface area contributed by atoms with Crippen LogP contribution in [0.4, 0.5) is 0 Å². The van der Waals surface area contributed by atoms with E-state index >= 15 is 0 Å². The van der Waals surface area contributed by atoms with Gasteiger partial charge in [0, 0.05) is 13.1 Å². The van der Waals surface area contributed by atoms with Crippen molar-refractivity contribution in [3.63, 3.8) is 0 Å². The van der Waals surface area contributed by atoms with Gasteiger partial charge in [0.15, 0.2) is 0 Å². The van der Waals surface area contributed by atoms with Gasteiger partial charge in [-0.15, -0.1) is 0 Å². The summed E-state index contributed by atoms with van der Waals surface area (Å²) in [5.41, 5.74) is 0.309. The molecule has 3 fully saturated rings. The van der Waals surface area contributed by atoms with E-state index in [0.29, 0.717) is 11.7 Å². The Balaban J connectivity index is 1.43. The molecule has 0 aromatic heterocycles. The van der Waals surface area contributed by atoms with Crippen LogP contribution in [0.25, 0.3) is 0 Å². The fourth-order valence-electron chi connectivity index (χ4n) is 4.53. The fourth-order valence-corrected chi connectivity index (χ4v) is 4.53. The molecular formula is C17H32N2O. The molecule has 20 heavy (non-hydrogen) atoms. The van der Waals surface area contributed by atoms with Crippen molar-refractivity contribution < 1.29 is 4.74 Å². The summed E-state index contributed by atoms with van der Waals surface area (Å²) in [5.74, 6) is 0.852. The van der Waals surface area contributed by atoms with Crippen molar-refractivity contribution in [2.45, 2.75) is 70.0 Å². The van der Waals surface area contributed by atoms with Crippen molar-refractivity contribution in [3.8, 4) is 0 Å². The molecule has 0 bridgehead atoms. The van der Waals surface area contributed by atoms with Crippen LogP contribution >= 0.6 is 0 Å². The van der Waals surface area contributed by atoms with Crippen molar-refractivity contribution in [2.24, 2.45) is 5.92 Å². The van der Waals surface area contributed by atoms with Gasteiger partial charge in [-0.05, 0) is 64.1 Å². The van der Waals surface area contributed by atoms with Crippen molar-refractivity contribution in [1.82, 2.24) is 10.2 Å². The summed E-state index contributed by atoms with van der Waals surface area (Å²) in [6.07, 6.45) is 11.3. The Morgan fingerprint density at radius 2 is 2.00 bits per heavy atom. The number of hydrogen-bond acceptors (Lipinski definition) is 3. The highest BCUT2D eigenvalue weighted by molar-refractivity contribution is 4.93. The van der Waals surface area contributed by atoms with Crippen molar-refractivity contribution in [1.29, 1.82) is 0 Å². The first-order valence-corrected chi connectivity index (χ1v) is 8.90. The smallest absolute Gasteiger partial charge is 0.0710 e. The molecule has 2 saturated heterocycles. The minimum Gasteiger partial charge on any atom is -0.370 e. The lowest BCUT2D eigenvalue weighted by Crippen LogP contribution is -2.43. The summed E-state index contributed by atoms with van der Waals surface area (Å²) in [5, 5.41) is 3.51. The Bertz CT molecular complexity index is 301. The van der Waals surface area contributed by atoms with Gasteiger partial charge >= 0.3 is 0 Å². The monoisotopic (exact) mass is 280 g/mol. The molecule has 1 N–H and O–H groups in total. The molecule has 2 heterocycles. The Kier molecular flexibility index (Phi) is 5.00. The van der Waals surface area contributed by atoms with Crippen LogP contribution in [0.1, 0.15) is 58.3 Å². The molecule has 3 aliphatic rings. The normalized spacial score (nSPS) is 34.0. The number of ether oxygens (including phenoxy) is 1. The first-order chi connectivity index (χ1) is 9.80. The molecule has 2 aliphatic heterocycles. The fraction of sp³-hybridized carbons (Fsp3) is 1.00. The molecule has 2 unspecified atom stereocenters. The van der Waals surface area contributed by atoms with Crippen molar-refractivity contribution in [2.75, 3.05) is 32.7 Å². The number of piperidine rings is 1. The quantitative estimate of drug-likeness (QED) is 0.838. The van der Waals surface area contributed by atoms with E-state index in [1.54, 1.807) is 0 Å². The molecule has 3 rings (SSSR count). The largest absolute Gasteiger partial charge is 0.370 e. The van der Waals surface area contributed by atoms with Crippen molar-refractivity contribution in [3.05, 3.63) is 0 Å². The minimum absolute atomic E-state index is 0.309. The average molecular weight is 280 g/mol. The molecule has 3 heteroatoms. The maximum Gasteiger partial charge on any atom is 0.0710 e. The van der Waals surface area contributed by atoms with Gasteiger partial charge in [0.25, 0.3) is 0 Å². The van der Waals surface area contributed by atoms with E-state index in [-0.39, 0.29) is 0 Å². The van der Waals surface area contributed by atoms with E-state index in [0.717, 1.165) is 12.5 Å². The Morgan fingerprint density at radius 3 is 2.80 bits per heavy atom. The number of nitrogens with one attached hydrogen (secondary N) is 1. The van der Waals surface area contributed by atoms with E-state index in [4.69, 9.17) is 4.74 Å². The van der Waals surface area contributed by atoms with Crippen LogP contribution in [0.2, 0.25) is 0 Å². The summed E-state index contributed by atoms with van der Waals surface area (Å²) in [7, 11) is 0. The van der Waals surface area contributed by atoms with Gasteiger partial charge in [0.05, 0.1) is 11.7 Å². The standard InChI is InChI=1S/C17H32N2O/c1-2-18-12-15-6-5-11-19(13-15)14-16-7-10-17(20-16)8-3-4-9-17/h15-16,18H,2-14H2,1H3. The number of likely N-dealkylation sites (tertiary alicyclic amines) is 1. The molecule has 0 aromatic carbocycles. The van der Waals surface area contributed by atoms with Crippen LogP contribution in [-0.4, -0.2) is 49.3 Å². The van der Waals surface area contributed by atoms with Crippen LogP contribution in [0.3, 0.4) is 0 Å². The molecule has 2 atom stereocenters. The predicted octanol–water partition coefficient (Wildman–Crippen LogP) is 2.80. The van der Waals surface area contributed by atoms with E-state index in [2.05, 4.69) is 17.1 Å². The van der Waals surface area contributed by atoms with Crippen LogP contribution in [0.5, 0.6) is 0 Å². The van der Waals surface area contributed by atoms with Gasteiger partial charge in [-0.1, -0.05) is 19.8 Å². The molecule has 0 amide bonds. The second kappa shape index (κ2) is 6.76. The Hall–Kier alpha value is -0.120. The zero-order valence-corrected chi connectivity index (χ0v) is 13.2. The van der Waals surface area contributed by atoms with Gasteiger partial charge in [-0.2, -0.15) is 0 Å². The summed E-state index contributed by atoms with van der Waals surface area (Å²) in [6, 6.07) is 0. The van der Waals surface area contributed by atoms with Crippen LogP contribution in [0, 0.1) is 5.92 Å². The van der Waals surface area contributed by atoms with Gasteiger partial charge in [0.2, 0.25) is 0 Å². The Morgan fingerprint density at radius 1 is 1.15 bits per heavy atom. The highest BCUT2D eigenvalue weighted by Crippen LogP contribution is 2.43. The first kappa shape index (κ1) is 14.8.